The third-order valence-corrected chi connectivity index (χ3v) is 6.83. The largest absolute Gasteiger partial charge is 0.497 e. The lowest BCUT2D eigenvalue weighted by molar-refractivity contribution is -0.136. The molecule has 2 unspecified atom stereocenters. The van der Waals surface area contributed by atoms with Crippen molar-refractivity contribution in [2.24, 2.45) is 5.92 Å². The Labute approximate surface area is 219 Å². The van der Waals surface area contributed by atoms with Gasteiger partial charge in [0, 0.05) is 23.9 Å². The SMILES string of the molecule is CCCCN(CC(=O)Nc1cc(C(C)(C)C)nn1-c1ccc(OC)cc1)C(=O)C1CC1c1ccccc1. The minimum Gasteiger partial charge on any atom is -0.497 e. The quantitative estimate of drug-likeness (QED) is 0.394. The van der Waals surface area contributed by atoms with Gasteiger partial charge in [-0.05, 0) is 48.6 Å². The highest BCUT2D eigenvalue weighted by Crippen LogP contribution is 2.48. The predicted octanol–water partition coefficient (Wildman–Crippen LogP) is 5.55. The average molecular weight is 503 g/mol. The molecule has 3 aromatic rings. The van der Waals surface area contributed by atoms with E-state index >= 15 is 0 Å². The highest BCUT2D eigenvalue weighted by Gasteiger charge is 2.45. The fourth-order valence-corrected chi connectivity index (χ4v) is 4.50. The second-order valence-electron chi connectivity index (χ2n) is 10.8. The Morgan fingerprint density at radius 3 is 2.43 bits per heavy atom. The molecule has 1 fully saturated rings. The number of amides is 2. The number of carbonyl (C=O) groups is 2. The third-order valence-electron chi connectivity index (χ3n) is 6.83. The summed E-state index contributed by atoms with van der Waals surface area (Å²) in [5, 5.41) is 7.82. The zero-order chi connectivity index (χ0) is 26.6. The topological polar surface area (TPSA) is 76.5 Å². The Bertz CT molecular complexity index is 1210. The smallest absolute Gasteiger partial charge is 0.245 e. The first-order valence-electron chi connectivity index (χ1n) is 13.1. The van der Waals surface area contributed by atoms with E-state index in [2.05, 4.69) is 45.1 Å². The van der Waals surface area contributed by atoms with Crippen molar-refractivity contribution in [2.75, 3.05) is 25.5 Å². The summed E-state index contributed by atoms with van der Waals surface area (Å²) >= 11 is 0. The van der Waals surface area contributed by atoms with Crippen molar-refractivity contribution in [3.8, 4) is 11.4 Å². The molecule has 0 saturated heterocycles. The van der Waals surface area contributed by atoms with Gasteiger partial charge in [-0.25, -0.2) is 4.68 Å². The van der Waals surface area contributed by atoms with Crippen LogP contribution in [0.1, 0.15) is 64.1 Å². The van der Waals surface area contributed by atoms with Crippen molar-refractivity contribution in [1.82, 2.24) is 14.7 Å². The molecule has 1 saturated carbocycles. The maximum absolute atomic E-state index is 13.4. The van der Waals surface area contributed by atoms with E-state index in [0.29, 0.717) is 12.4 Å². The number of methoxy groups -OCH3 is 1. The van der Waals surface area contributed by atoms with Gasteiger partial charge >= 0.3 is 0 Å². The van der Waals surface area contributed by atoms with Gasteiger partial charge in [-0.1, -0.05) is 64.4 Å². The van der Waals surface area contributed by atoms with Crippen LogP contribution in [0.5, 0.6) is 5.75 Å². The zero-order valence-electron chi connectivity index (χ0n) is 22.5. The number of benzene rings is 2. The highest BCUT2D eigenvalue weighted by molar-refractivity contribution is 5.95. The van der Waals surface area contributed by atoms with Gasteiger partial charge < -0.3 is 15.0 Å². The number of ether oxygens (including phenoxy) is 1. The standard InChI is InChI=1S/C30H38N4O3/c1-6-7-17-33(29(36)25-18-24(25)21-11-9-8-10-12-21)20-28(35)31-27-19-26(30(2,3)4)32-34(27)22-13-15-23(37-5)16-14-22/h8-16,19,24-25H,6-7,17-18,20H2,1-5H3,(H,31,35). The molecule has 1 heterocycles. The minimum atomic E-state index is -0.225. The van der Waals surface area contributed by atoms with Gasteiger partial charge in [0.1, 0.15) is 11.6 Å². The molecule has 7 heteroatoms. The summed E-state index contributed by atoms with van der Waals surface area (Å²) in [6, 6.07) is 19.6. The summed E-state index contributed by atoms with van der Waals surface area (Å²) in [6.45, 7) is 8.95. The number of nitrogens with one attached hydrogen (secondary N) is 1. The number of unbranched alkanes of at least 4 members (excludes halogenated alkanes) is 1. The molecule has 2 amide bonds. The molecule has 1 aromatic heterocycles. The van der Waals surface area contributed by atoms with Gasteiger partial charge in [0.05, 0.1) is 25.0 Å². The van der Waals surface area contributed by atoms with Gasteiger partial charge in [-0.2, -0.15) is 5.10 Å². The summed E-state index contributed by atoms with van der Waals surface area (Å²) < 4.78 is 7.02. The predicted molar refractivity (Wildman–Crippen MR) is 146 cm³/mol. The molecule has 0 bridgehead atoms. The summed E-state index contributed by atoms with van der Waals surface area (Å²) in [5.74, 6) is 1.36. The molecule has 0 spiro atoms. The first-order chi connectivity index (χ1) is 17.7. The summed E-state index contributed by atoms with van der Waals surface area (Å²) in [5.41, 5.74) is 2.67. The van der Waals surface area contributed by atoms with E-state index < -0.39 is 0 Å². The molecule has 0 radical (unpaired) electrons. The maximum atomic E-state index is 13.4. The summed E-state index contributed by atoms with van der Waals surface area (Å²) in [4.78, 5) is 28.4. The molecular weight excluding hydrogens is 464 g/mol. The van der Waals surface area contributed by atoms with E-state index in [4.69, 9.17) is 9.84 Å². The molecule has 1 N–H and O–H groups in total. The molecule has 1 aliphatic carbocycles. The van der Waals surface area contributed by atoms with E-state index in [1.165, 1.54) is 5.56 Å². The highest BCUT2D eigenvalue weighted by atomic mass is 16.5. The number of rotatable bonds is 10. The Hall–Kier alpha value is -3.61. The van der Waals surface area contributed by atoms with Crippen LogP contribution < -0.4 is 10.1 Å². The molecule has 0 aliphatic heterocycles. The van der Waals surface area contributed by atoms with Crippen LogP contribution in [0.3, 0.4) is 0 Å². The molecule has 1 aliphatic rings. The number of hydrogen-bond acceptors (Lipinski definition) is 4. The minimum absolute atomic E-state index is 0.0233. The Morgan fingerprint density at radius 1 is 1.11 bits per heavy atom. The monoisotopic (exact) mass is 502 g/mol. The van der Waals surface area contributed by atoms with Crippen LogP contribution in [0.2, 0.25) is 0 Å². The number of anilines is 1. The van der Waals surface area contributed by atoms with Crippen molar-refractivity contribution < 1.29 is 14.3 Å². The zero-order valence-corrected chi connectivity index (χ0v) is 22.5. The van der Waals surface area contributed by atoms with Crippen LogP contribution >= 0.6 is 0 Å². The fourth-order valence-electron chi connectivity index (χ4n) is 4.50. The van der Waals surface area contributed by atoms with E-state index in [1.54, 1.807) is 16.7 Å². The second kappa shape index (κ2) is 11.2. The number of nitrogens with zero attached hydrogens (tertiary/aromatic N) is 3. The van der Waals surface area contributed by atoms with Crippen LogP contribution in [0.15, 0.2) is 60.7 Å². The van der Waals surface area contributed by atoms with Gasteiger partial charge in [0.25, 0.3) is 0 Å². The van der Waals surface area contributed by atoms with Crippen molar-refractivity contribution >= 4 is 17.6 Å². The first-order valence-corrected chi connectivity index (χ1v) is 13.1. The van der Waals surface area contributed by atoms with Crippen molar-refractivity contribution in [3.63, 3.8) is 0 Å². The lowest BCUT2D eigenvalue weighted by atomic mass is 9.92. The van der Waals surface area contributed by atoms with Crippen LogP contribution in [0.25, 0.3) is 5.69 Å². The van der Waals surface area contributed by atoms with Crippen LogP contribution in [-0.2, 0) is 15.0 Å². The van der Waals surface area contributed by atoms with E-state index in [0.717, 1.165) is 36.4 Å². The number of aromatic nitrogens is 2. The van der Waals surface area contributed by atoms with Crippen LogP contribution in [0.4, 0.5) is 5.82 Å². The molecule has 4 rings (SSSR count). The van der Waals surface area contributed by atoms with Gasteiger partial charge in [-0.15, -0.1) is 0 Å². The van der Waals surface area contributed by atoms with E-state index in [1.807, 2.05) is 48.5 Å². The molecular formula is C30H38N4O3. The van der Waals surface area contributed by atoms with Crippen LogP contribution in [0, 0.1) is 5.92 Å². The average Bonchev–Trinajstić information content (AvgIpc) is 3.58. The fraction of sp³-hybridized carbons (Fsp3) is 0.433. The van der Waals surface area contributed by atoms with Gasteiger partial charge in [-0.3, -0.25) is 9.59 Å². The Balaban J connectivity index is 1.51. The molecule has 7 nitrogen and oxygen atoms in total. The molecule has 2 atom stereocenters. The second-order valence-corrected chi connectivity index (χ2v) is 10.8. The van der Waals surface area contributed by atoms with Crippen molar-refractivity contribution in [1.29, 1.82) is 0 Å². The molecule has 2 aromatic carbocycles. The molecule has 196 valence electrons. The van der Waals surface area contributed by atoms with Crippen molar-refractivity contribution in [3.05, 3.63) is 71.9 Å². The Kier molecular flexibility index (Phi) is 8.00. The lowest BCUT2D eigenvalue weighted by Gasteiger charge is -2.22. The number of hydrogen-bond donors (Lipinski definition) is 1. The third kappa shape index (κ3) is 6.40. The summed E-state index contributed by atoms with van der Waals surface area (Å²) in [6.07, 6.45) is 2.66. The number of carbonyl (C=O) groups excluding carboxylic acids is 2. The van der Waals surface area contributed by atoms with Gasteiger partial charge in [0.2, 0.25) is 11.8 Å². The maximum Gasteiger partial charge on any atom is 0.245 e. The Morgan fingerprint density at radius 2 is 1.81 bits per heavy atom. The lowest BCUT2D eigenvalue weighted by Crippen LogP contribution is -2.40. The van der Waals surface area contributed by atoms with E-state index in [-0.39, 0.29) is 35.6 Å². The van der Waals surface area contributed by atoms with E-state index in [9.17, 15) is 9.59 Å². The van der Waals surface area contributed by atoms with Gasteiger partial charge in [0.15, 0.2) is 0 Å². The van der Waals surface area contributed by atoms with Crippen molar-refractivity contribution in [2.45, 2.75) is 58.3 Å². The molecule has 37 heavy (non-hydrogen) atoms. The summed E-state index contributed by atoms with van der Waals surface area (Å²) in [7, 11) is 1.63. The van der Waals surface area contributed by atoms with Crippen LogP contribution in [-0.4, -0.2) is 46.7 Å². The normalized spacial score (nSPS) is 16.8. The first kappa shape index (κ1) is 26.5.